The SMILES string of the molecule is C[N-]CCOCCOCCNC.[K+]. The topological polar surface area (TPSA) is 44.6 Å². The molecule has 0 aliphatic carbocycles. The first kappa shape index (κ1) is 16.9. The number of likely N-dealkylation sites (N-methyl/N-ethyl adjacent to an activating group) is 2. The van der Waals surface area contributed by atoms with Crippen LogP contribution in [0.1, 0.15) is 0 Å². The van der Waals surface area contributed by atoms with E-state index in [0.717, 1.165) is 19.7 Å². The second kappa shape index (κ2) is 15.9. The molecule has 0 spiro atoms. The van der Waals surface area contributed by atoms with Crippen molar-refractivity contribution in [2.24, 2.45) is 0 Å². The Morgan fingerprint density at radius 3 is 2.23 bits per heavy atom. The third-order valence-corrected chi connectivity index (χ3v) is 1.33. The van der Waals surface area contributed by atoms with Crippen LogP contribution in [-0.4, -0.2) is 53.6 Å². The minimum atomic E-state index is 0. The minimum absolute atomic E-state index is 0. The first-order chi connectivity index (χ1) is 5.91. The zero-order valence-corrected chi connectivity index (χ0v) is 12.1. The molecule has 0 rings (SSSR count). The molecule has 0 aliphatic rings. The largest absolute Gasteiger partial charge is 1.00 e. The van der Waals surface area contributed by atoms with Gasteiger partial charge in [-0.1, -0.05) is 0 Å². The zero-order chi connectivity index (χ0) is 9.07. The van der Waals surface area contributed by atoms with Crippen LogP contribution in [0, 0.1) is 0 Å². The number of hydrogen-bond donors (Lipinski definition) is 1. The minimum Gasteiger partial charge on any atom is -0.663 e. The molecule has 0 aromatic rings. The molecule has 0 atom stereocenters. The van der Waals surface area contributed by atoms with E-state index in [4.69, 9.17) is 9.47 Å². The van der Waals surface area contributed by atoms with Gasteiger partial charge in [-0.2, -0.15) is 7.05 Å². The molecule has 74 valence electrons. The van der Waals surface area contributed by atoms with Crippen LogP contribution in [-0.2, 0) is 9.47 Å². The summed E-state index contributed by atoms with van der Waals surface area (Å²) in [4.78, 5) is 0. The van der Waals surface area contributed by atoms with Gasteiger partial charge in [0.2, 0.25) is 0 Å². The first-order valence-electron chi connectivity index (χ1n) is 4.27. The second-order valence-electron chi connectivity index (χ2n) is 2.37. The van der Waals surface area contributed by atoms with E-state index in [0.29, 0.717) is 19.8 Å². The van der Waals surface area contributed by atoms with E-state index >= 15 is 0 Å². The molecule has 0 aromatic heterocycles. The number of hydrogen-bond acceptors (Lipinski definition) is 3. The summed E-state index contributed by atoms with van der Waals surface area (Å²) in [6.45, 7) is 4.45. The maximum absolute atomic E-state index is 5.24. The smallest absolute Gasteiger partial charge is 0.663 e. The van der Waals surface area contributed by atoms with E-state index in [1.807, 2.05) is 7.05 Å². The summed E-state index contributed by atoms with van der Waals surface area (Å²) in [5, 5.41) is 6.91. The quantitative estimate of drug-likeness (QED) is 0.334. The molecule has 0 saturated heterocycles. The van der Waals surface area contributed by atoms with Gasteiger partial charge < -0.3 is 20.1 Å². The third-order valence-electron chi connectivity index (χ3n) is 1.33. The van der Waals surface area contributed by atoms with Gasteiger partial charge in [-0.05, 0) is 7.05 Å². The first-order valence-corrected chi connectivity index (χ1v) is 4.27. The van der Waals surface area contributed by atoms with Crippen molar-refractivity contribution < 1.29 is 60.9 Å². The van der Waals surface area contributed by atoms with Crippen molar-refractivity contribution in [1.82, 2.24) is 5.32 Å². The molecule has 0 heterocycles. The van der Waals surface area contributed by atoms with Gasteiger partial charge in [0.1, 0.15) is 0 Å². The Labute approximate surface area is 124 Å². The van der Waals surface area contributed by atoms with Crippen LogP contribution in [0.25, 0.3) is 5.32 Å². The molecular weight excluding hydrogens is 195 g/mol. The summed E-state index contributed by atoms with van der Waals surface area (Å²) in [5.41, 5.74) is 0. The van der Waals surface area contributed by atoms with E-state index in [1.54, 1.807) is 7.05 Å². The second-order valence-corrected chi connectivity index (χ2v) is 2.37. The molecule has 1 N–H and O–H groups in total. The molecule has 0 unspecified atom stereocenters. The molecule has 0 radical (unpaired) electrons. The van der Waals surface area contributed by atoms with E-state index in [2.05, 4.69) is 10.6 Å². The van der Waals surface area contributed by atoms with Crippen LogP contribution in [0.4, 0.5) is 0 Å². The van der Waals surface area contributed by atoms with Gasteiger partial charge in [0.25, 0.3) is 0 Å². The van der Waals surface area contributed by atoms with Crippen molar-refractivity contribution in [3.63, 3.8) is 0 Å². The number of ether oxygens (including phenoxy) is 2. The number of rotatable bonds is 9. The van der Waals surface area contributed by atoms with Crippen molar-refractivity contribution in [3.8, 4) is 0 Å². The van der Waals surface area contributed by atoms with Gasteiger partial charge in [-0.3, -0.25) is 0 Å². The van der Waals surface area contributed by atoms with Crippen molar-refractivity contribution >= 4 is 0 Å². The Bertz CT molecular complexity index is 76.5. The standard InChI is InChI=1S/C8H19N2O2.K/c1-9-3-5-11-7-8-12-6-4-10-2;/h9H,3-8H2,1-2H3;/q-1;+1. The molecular formula is C8H19KN2O2. The monoisotopic (exact) mass is 214 g/mol. The van der Waals surface area contributed by atoms with E-state index in [-0.39, 0.29) is 51.4 Å². The van der Waals surface area contributed by atoms with Crippen molar-refractivity contribution in [2.75, 3.05) is 53.6 Å². The van der Waals surface area contributed by atoms with Crippen molar-refractivity contribution in [3.05, 3.63) is 5.32 Å². The van der Waals surface area contributed by atoms with E-state index in [1.165, 1.54) is 0 Å². The molecule has 0 aliphatic heterocycles. The van der Waals surface area contributed by atoms with Crippen LogP contribution in [0.5, 0.6) is 0 Å². The number of nitrogens with zero attached hydrogens (tertiary/aromatic N) is 1. The Morgan fingerprint density at radius 2 is 1.69 bits per heavy atom. The van der Waals surface area contributed by atoms with E-state index in [9.17, 15) is 0 Å². The van der Waals surface area contributed by atoms with Crippen LogP contribution in [0.3, 0.4) is 0 Å². The fourth-order valence-corrected chi connectivity index (χ4v) is 0.652. The Balaban J connectivity index is 0. The Kier molecular flexibility index (Phi) is 20.7. The summed E-state index contributed by atoms with van der Waals surface area (Å²) in [7, 11) is 3.69. The summed E-state index contributed by atoms with van der Waals surface area (Å²) in [5.74, 6) is 0. The van der Waals surface area contributed by atoms with E-state index < -0.39 is 0 Å². The summed E-state index contributed by atoms with van der Waals surface area (Å²) in [6.07, 6.45) is 0. The molecule has 13 heavy (non-hydrogen) atoms. The fraction of sp³-hybridized carbons (Fsp3) is 1.00. The summed E-state index contributed by atoms with van der Waals surface area (Å²) >= 11 is 0. The van der Waals surface area contributed by atoms with Gasteiger partial charge in [0, 0.05) is 13.2 Å². The fourth-order valence-electron chi connectivity index (χ4n) is 0.652. The van der Waals surface area contributed by atoms with Crippen LogP contribution in [0.2, 0.25) is 0 Å². The third kappa shape index (κ3) is 16.2. The average molecular weight is 214 g/mol. The molecule has 0 bridgehead atoms. The van der Waals surface area contributed by atoms with Crippen LogP contribution < -0.4 is 56.7 Å². The maximum Gasteiger partial charge on any atom is 1.00 e. The zero-order valence-electron chi connectivity index (χ0n) is 9.01. The summed E-state index contributed by atoms with van der Waals surface area (Å²) in [6, 6.07) is 0. The molecule has 0 saturated carbocycles. The van der Waals surface area contributed by atoms with Gasteiger partial charge in [0.05, 0.1) is 19.8 Å². The van der Waals surface area contributed by atoms with Crippen LogP contribution in [0.15, 0.2) is 0 Å². The van der Waals surface area contributed by atoms with Crippen molar-refractivity contribution in [1.29, 1.82) is 0 Å². The molecule has 0 fully saturated rings. The normalized spacial score (nSPS) is 9.69. The van der Waals surface area contributed by atoms with Gasteiger partial charge in [0.15, 0.2) is 0 Å². The van der Waals surface area contributed by atoms with Crippen LogP contribution >= 0.6 is 0 Å². The predicted molar refractivity (Wildman–Crippen MR) is 49.7 cm³/mol. The maximum atomic E-state index is 5.24. The molecule has 0 aromatic carbocycles. The number of nitrogens with one attached hydrogen (secondary N) is 1. The van der Waals surface area contributed by atoms with Gasteiger partial charge >= 0.3 is 51.4 Å². The molecule has 5 heteroatoms. The Morgan fingerprint density at radius 1 is 1.08 bits per heavy atom. The average Bonchev–Trinajstić information content (AvgIpc) is 2.10. The summed E-state index contributed by atoms with van der Waals surface area (Å²) < 4.78 is 10.5. The van der Waals surface area contributed by atoms with Crippen molar-refractivity contribution in [2.45, 2.75) is 0 Å². The molecule has 0 amide bonds. The van der Waals surface area contributed by atoms with Gasteiger partial charge in [-0.15, -0.1) is 6.54 Å². The predicted octanol–water partition coefficient (Wildman–Crippen LogP) is -2.75. The molecule has 4 nitrogen and oxygen atoms in total. The Hall–Kier alpha value is 1.48. The van der Waals surface area contributed by atoms with Gasteiger partial charge in [-0.25, -0.2) is 0 Å².